The van der Waals surface area contributed by atoms with Gasteiger partial charge in [0.25, 0.3) is 0 Å². The van der Waals surface area contributed by atoms with E-state index in [4.69, 9.17) is 0 Å². The number of anilines is 1. The summed E-state index contributed by atoms with van der Waals surface area (Å²) < 4.78 is 38.1. The second-order valence-electron chi connectivity index (χ2n) is 6.02. The summed E-state index contributed by atoms with van der Waals surface area (Å²) in [6, 6.07) is 3.25. The lowest BCUT2D eigenvalue weighted by atomic mass is 10.1. The van der Waals surface area contributed by atoms with E-state index in [2.05, 4.69) is 10.2 Å². The number of carbonyl (C=O) groups is 2. The molecule has 1 aromatic rings. The number of carboxylic acid groups (broad SMARTS) is 1. The summed E-state index contributed by atoms with van der Waals surface area (Å²) >= 11 is 0. The van der Waals surface area contributed by atoms with E-state index in [-0.39, 0.29) is 12.1 Å². The molecule has 0 saturated carbocycles. The maximum Gasteiger partial charge on any atom is 0.416 e. The minimum absolute atomic E-state index is 0.0117. The number of amides is 1. The fourth-order valence-corrected chi connectivity index (χ4v) is 2.67. The molecule has 0 bridgehead atoms. The predicted octanol–water partition coefficient (Wildman–Crippen LogP) is 1.73. The lowest BCUT2D eigenvalue weighted by molar-refractivity contribution is -0.145. The van der Waals surface area contributed by atoms with Crippen LogP contribution < -0.4 is 5.32 Å². The fraction of sp³-hybridized carbons (Fsp3) is 0.500. The molecule has 1 aromatic carbocycles. The van der Waals surface area contributed by atoms with E-state index in [9.17, 15) is 27.9 Å². The van der Waals surface area contributed by atoms with Crippen molar-refractivity contribution in [1.29, 1.82) is 0 Å². The van der Waals surface area contributed by atoms with Gasteiger partial charge in [0, 0.05) is 31.9 Å². The minimum Gasteiger partial charge on any atom is -0.480 e. The Morgan fingerprint density at radius 2 is 1.88 bits per heavy atom. The number of rotatable bonds is 5. The first kappa shape index (κ1) is 19.2. The molecule has 138 valence electrons. The van der Waals surface area contributed by atoms with Gasteiger partial charge in [0.2, 0.25) is 5.91 Å². The van der Waals surface area contributed by atoms with Crippen LogP contribution in [0.1, 0.15) is 12.0 Å². The van der Waals surface area contributed by atoms with E-state index in [0.29, 0.717) is 26.2 Å². The van der Waals surface area contributed by atoms with Gasteiger partial charge in [-0.25, -0.2) is 0 Å². The number of benzene rings is 1. The van der Waals surface area contributed by atoms with Gasteiger partial charge in [-0.1, -0.05) is 6.07 Å². The van der Waals surface area contributed by atoms with Crippen LogP contribution in [-0.4, -0.2) is 66.1 Å². The number of carbonyl (C=O) groups excluding carboxylic acids is 1. The molecular weight excluding hydrogens is 339 g/mol. The molecule has 1 aliphatic rings. The number of carboxylic acids is 1. The zero-order chi connectivity index (χ0) is 18.6. The van der Waals surface area contributed by atoms with Crippen LogP contribution in [0.15, 0.2) is 24.3 Å². The molecule has 0 aromatic heterocycles. The fourth-order valence-electron chi connectivity index (χ4n) is 2.67. The van der Waals surface area contributed by atoms with Gasteiger partial charge in [0.1, 0.15) is 6.04 Å². The Labute approximate surface area is 143 Å². The minimum atomic E-state index is -4.51. The van der Waals surface area contributed by atoms with Gasteiger partial charge in [-0.3, -0.25) is 14.5 Å². The molecule has 1 aliphatic heterocycles. The summed E-state index contributed by atoms with van der Waals surface area (Å²) in [6.07, 6.45) is -4.83. The summed E-state index contributed by atoms with van der Waals surface area (Å²) in [5, 5.41) is 11.7. The van der Waals surface area contributed by atoms with E-state index in [0.717, 1.165) is 12.1 Å². The standard InChI is InChI=1S/C16H20F3N3O3/c1-21-5-7-22(8-6-21)13(15(24)25)10-14(23)20-12-4-2-3-11(9-12)16(17,18)19/h2-4,9,13H,5-8,10H2,1H3,(H,20,23)(H,24,25)/t13-/m0/s1. The van der Waals surface area contributed by atoms with Crippen LogP contribution in [0.25, 0.3) is 0 Å². The van der Waals surface area contributed by atoms with Crippen molar-refractivity contribution in [2.75, 3.05) is 38.5 Å². The molecule has 2 rings (SSSR count). The van der Waals surface area contributed by atoms with Gasteiger partial charge in [0.15, 0.2) is 0 Å². The Morgan fingerprint density at radius 1 is 1.24 bits per heavy atom. The van der Waals surface area contributed by atoms with Gasteiger partial charge < -0.3 is 15.3 Å². The molecule has 0 spiro atoms. The highest BCUT2D eigenvalue weighted by Crippen LogP contribution is 2.30. The molecule has 0 radical (unpaired) electrons. The third-order valence-corrected chi connectivity index (χ3v) is 4.12. The molecule has 1 heterocycles. The molecule has 25 heavy (non-hydrogen) atoms. The summed E-state index contributed by atoms with van der Waals surface area (Å²) in [7, 11) is 1.92. The van der Waals surface area contributed by atoms with Crippen LogP contribution in [0.5, 0.6) is 0 Å². The number of nitrogens with one attached hydrogen (secondary N) is 1. The van der Waals surface area contributed by atoms with Crippen molar-refractivity contribution >= 4 is 17.6 Å². The van der Waals surface area contributed by atoms with Crippen LogP contribution >= 0.6 is 0 Å². The van der Waals surface area contributed by atoms with Gasteiger partial charge in [-0.2, -0.15) is 13.2 Å². The van der Waals surface area contributed by atoms with E-state index in [1.807, 2.05) is 7.05 Å². The Bertz CT molecular complexity index is 629. The number of hydrogen-bond donors (Lipinski definition) is 2. The quantitative estimate of drug-likeness (QED) is 0.838. The second kappa shape index (κ2) is 7.83. The highest BCUT2D eigenvalue weighted by molar-refractivity contribution is 5.94. The second-order valence-corrected chi connectivity index (χ2v) is 6.02. The molecule has 1 saturated heterocycles. The van der Waals surface area contributed by atoms with Crippen LogP contribution in [0.3, 0.4) is 0 Å². The van der Waals surface area contributed by atoms with Crippen LogP contribution in [0, 0.1) is 0 Å². The maximum atomic E-state index is 12.7. The van der Waals surface area contributed by atoms with E-state index < -0.39 is 29.7 Å². The molecule has 1 amide bonds. The number of aliphatic carboxylic acids is 1. The molecular formula is C16H20F3N3O3. The summed E-state index contributed by atoms with van der Waals surface area (Å²) in [5.74, 6) is -1.76. The van der Waals surface area contributed by atoms with Crippen molar-refractivity contribution in [2.24, 2.45) is 0 Å². The number of halogens is 3. The van der Waals surface area contributed by atoms with Gasteiger partial charge in [0.05, 0.1) is 12.0 Å². The van der Waals surface area contributed by atoms with Crippen molar-refractivity contribution in [3.05, 3.63) is 29.8 Å². The molecule has 1 atom stereocenters. The largest absolute Gasteiger partial charge is 0.480 e. The van der Waals surface area contributed by atoms with Gasteiger partial charge in [-0.15, -0.1) is 0 Å². The molecule has 9 heteroatoms. The summed E-state index contributed by atoms with van der Waals surface area (Å²) in [6.45, 7) is 2.42. The Kier molecular flexibility index (Phi) is 6.02. The Hall–Kier alpha value is -2.13. The maximum absolute atomic E-state index is 12.7. The first-order valence-electron chi connectivity index (χ1n) is 7.79. The van der Waals surface area contributed by atoms with Crippen molar-refractivity contribution in [1.82, 2.24) is 9.80 Å². The third kappa shape index (κ3) is 5.43. The highest BCUT2D eigenvalue weighted by atomic mass is 19.4. The van der Waals surface area contributed by atoms with Gasteiger partial charge in [-0.05, 0) is 25.2 Å². The molecule has 1 fully saturated rings. The molecule has 0 aliphatic carbocycles. The average Bonchev–Trinajstić information content (AvgIpc) is 2.53. The lowest BCUT2D eigenvalue weighted by Gasteiger charge is -2.35. The number of hydrogen-bond acceptors (Lipinski definition) is 4. The van der Waals surface area contributed by atoms with E-state index >= 15 is 0 Å². The molecule has 0 unspecified atom stereocenters. The predicted molar refractivity (Wildman–Crippen MR) is 85.2 cm³/mol. The van der Waals surface area contributed by atoms with Crippen LogP contribution in [0.4, 0.5) is 18.9 Å². The van der Waals surface area contributed by atoms with Crippen LogP contribution in [0.2, 0.25) is 0 Å². The normalized spacial score (nSPS) is 17.9. The highest BCUT2D eigenvalue weighted by Gasteiger charge is 2.32. The first-order chi connectivity index (χ1) is 11.7. The van der Waals surface area contributed by atoms with Crippen LogP contribution in [-0.2, 0) is 15.8 Å². The summed E-state index contributed by atoms with van der Waals surface area (Å²) in [4.78, 5) is 27.3. The summed E-state index contributed by atoms with van der Waals surface area (Å²) in [5.41, 5.74) is -0.888. The van der Waals surface area contributed by atoms with Crippen molar-refractivity contribution < 1.29 is 27.9 Å². The van der Waals surface area contributed by atoms with Crippen molar-refractivity contribution in [3.8, 4) is 0 Å². The topological polar surface area (TPSA) is 72.9 Å². The van der Waals surface area contributed by atoms with Crippen molar-refractivity contribution in [2.45, 2.75) is 18.6 Å². The number of likely N-dealkylation sites (N-methyl/N-ethyl adjacent to an activating group) is 1. The third-order valence-electron chi connectivity index (χ3n) is 4.12. The number of piperazine rings is 1. The first-order valence-corrected chi connectivity index (χ1v) is 7.79. The Morgan fingerprint density at radius 3 is 2.44 bits per heavy atom. The monoisotopic (exact) mass is 359 g/mol. The van der Waals surface area contributed by atoms with E-state index in [1.165, 1.54) is 12.1 Å². The SMILES string of the molecule is CN1CCN([C@@H](CC(=O)Nc2cccc(C(F)(F)F)c2)C(=O)O)CC1. The Balaban J connectivity index is 2.01. The van der Waals surface area contributed by atoms with Crippen molar-refractivity contribution in [3.63, 3.8) is 0 Å². The smallest absolute Gasteiger partial charge is 0.416 e. The zero-order valence-electron chi connectivity index (χ0n) is 13.7. The van der Waals surface area contributed by atoms with Gasteiger partial charge >= 0.3 is 12.1 Å². The lowest BCUT2D eigenvalue weighted by Crippen LogP contribution is -2.52. The molecule has 6 nitrogen and oxygen atoms in total. The average molecular weight is 359 g/mol. The zero-order valence-corrected chi connectivity index (χ0v) is 13.7. The number of nitrogens with zero attached hydrogens (tertiary/aromatic N) is 2. The van der Waals surface area contributed by atoms with E-state index in [1.54, 1.807) is 4.90 Å². The molecule has 2 N–H and O–H groups in total. The number of alkyl halides is 3.